The van der Waals surface area contributed by atoms with Crippen LogP contribution in [-0.4, -0.2) is 40.6 Å². The highest BCUT2D eigenvalue weighted by Gasteiger charge is 2.06. The van der Waals surface area contributed by atoms with Crippen LogP contribution in [0, 0.1) is 6.92 Å². The van der Waals surface area contributed by atoms with Crippen molar-refractivity contribution in [3.8, 4) is 11.5 Å². The maximum atomic E-state index is 5.41. The number of anilines is 1. The molecule has 2 heterocycles. The van der Waals surface area contributed by atoms with Gasteiger partial charge >= 0.3 is 0 Å². The SMILES string of the molecule is COc1ccc(OC)c(CCCNc2ccc3nnc(C)n3n2)c1. The summed E-state index contributed by atoms with van der Waals surface area (Å²) in [5.41, 5.74) is 1.89. The van der Waals surface area contributed by atoms with Crippen molar-refractivity contribution in [1.29, 1.82) is 0 Å². The van der Waals surface area contributed by atoms with Crippen molar-refractivity contribution in [1.82, 2.24) is 19.8 Å². The average Bonchev–Trinajstić information content (AvgIpc) is 2.99. The lowest BCUT2D eigenvalue weighted by molar-refractivity contribution is 0.398. The number of aryl methyl sites for hydroxylation is 2. The van der Waals surface area contributed by atoms with Gasteiger partial charge in [0.25, 0.3) is 0 Å². The molecule has 0 atom stereocenters. The topological polar surface area (TPSA) is 73.6 Å². The van der Waals surface area contributed by atoms with E-state index in [0.717, 1.165) is 53.7 Å². The van der Waals surface area contributed by atoms with Crippen molar-refractivity contribution >= 4 is 11.5 Å². The predicted molar refractivity (Wildman–Crippen MR) is 91.9 cm³/mol. The number of nitrogens with one attached hydrogen (secondary N) is 1. The van der Waals surface area contributed by atoms with E-state index in [4.69, 9.17) is 9.47 Å². The maximum absolute atomic E-state index is 5.41. The minimum atomic E-state index is 0.749. The molecule has 24 heavy (non-hydrogen) atoms. The number of rotatable bonds is 7. The first kappa shape index (κ1) is 16.0. The maximum Gasteiger partial charge on any atom is 0.178 e. The molecule has 126 valence electrons. The lowest BCUT2D eigenvalue weighted by Crippen LogP contribution is -2.07. The fourth-order valence-corrected chi connectivity index (χ4v) is 2.56. The van der Waals surface area contributed by atoms with E-state index >= 15 is 0 Å². The molecule has 0 radical (unpaired) electrons. The second kappa shape index (κ2) is 7.16. The summed E-state index contributed by atoms with van der Waals surface area (Å²) in [6.45, 7) is 2.69. The molecular formula is C17H21N5O2. The average molecular weight is 327 g/mol. The van der Waals surface area contributed by atoms with Crippen molar-refractivity contribution in [3.05, 3.63) is 41.7 Å². The van der Waals surface area contributed by atoms with E-state index in [1.165, 1.54) is 0 Å². The molecule has 0 aliphatic rings. The van der Waals surface area contributed by atoms with Gasteiger partial charge in [-0.1, -0.05) is 0 Å². The van der Waals surface area contributed by atoms with Gasteiger partial charge in [0, 0.05) is 6.54 Å². The second-order valence-corrected chi connectivity index (χ2v) is 5.44. The van der Waals surface area contributed by atoms with Gasteiger partial charge in [-0.05, 0) is 55.7 Å². The van der Waals surface area contributed by atoms with Crippen LogP contribution in [0.15, 0.2) is 30.3 Å². The summed E-state index contributed by atoms with van der Waals surface area (Å²) in [7, 11) is 3.35. The number of hydrogen-bond acceptors (Lipinski definition) is 6. The number of ether oxygens (including phenoxy) is 2. The first-order chi connectivity index (χ1) is 11.7. The van der Waals surface area contributed by atoms with Crippen molar-refractivity contribution in [2.24, 2.45) is 0 Å². The predicted octanol–water partition coefficient (Wildman–Crippen LogP) is 2.49. The fourth-order valence-electron chi connectivity index (χ4n) is 2.56. The molecule has 0 unspecified atom stereocenters. The molecule has 0 amide bonds. The molecule has 3 rings (SSSR count). The van der Waals surface area contributed by atoms with Crippen LogP contribution in [0.5, 0.6) is 11.5 Å². The Kier molecular flexibility index (Phi) is 4.79. The Morgan fingerprint density at radius 1 is 1.08 bits per heavy atom. The Hall–Kier alpha value is -2.83. The smallest absolute Gasteiger partial charge is 0.178 e. The lowest BCUT2D eigenvalue weighted by Gasteiger charge is -2.11. The molecule has 0 aliphatic heterocycles. The van der Waals surface area contributed by atoms with E-state index in [-0.39, 0.29) is 0 Å². The summed E-state index contributed by atoms with van der Waals surface area (Å²) < 4.78 is 12.4. The largest absolute Gasteiger partial charge is 0.497 e. The highest BCUT2D eigenvalue weighted by Crippen LogP contribution is 2.25. The zero-order valence-corrected chi connectivity index (χ0v) is 14.1. The standard InChI is InChI=1S/C17H21N5O2/c1-12-19-20-17-9-8-16(21-22(12)17)18-10-4-5-13-11-14(23-2)6-7-15(13)24-3/h6-9,11H,4-5,10H2,1-3H3,(H,18,21). The fraction of sp³-hybridized carbons (Fsp3) is 0.353. The van der Waals surface area contributed by atoms with Crippen molar-refractivity contribution in [2.75, 3.05) is 26.1 Å². The highest BCUT2D eigenvalue weighted by molar-refractivity contribution is 5.44. The number of nitrogens with zero attached hydrogens (tertiary/aromatic N) is 4. The number of hydrogen-bond donors (Lipinski definition) is 1. The molecule has 0 saturated heterocycles. The van der Waals surface area contributed by atoms with E-state index in [0.29, 0.717) is 0 Å². The zero-order valence-electron chi connectivity index (χ0n) is 14.1. The zero-order chi connectivity index (χ0) is 16.9. The molecule has 1 N–H and O–H groups in total. The van der Waals surface area contributed by atoms with Gasteiger partial charge in [0.15, 0.2) is 11.5 Å². The van der Waals surface area contributed by atoms with E-state index < -0.39 is 0 Å². The van der Waals surface area contributed by atoms with Gasteiger partial charge in [-0.2, -0.15) is 4.52 Å². The molecule has 0 bridgehead atoms. The Balaban J connectivity index is 1.59. The van der Waals surface area contributed by atoms with Crippen molar-refractivity contribution in [3.63, 3.8) is 0 Å². The summed E-state index contributed by atoms with van der Waals surface area (Å²) in [4.78, 5) is 0. The molecule has 0 fully saturated rings. The van der Waals surface area contributed by atoms with Crippen LogP contribution >= 0.6 is 0 Å². The molecule has 0 aliphatic carbocycles. The molecular weight excluding hydrogens is 306 g/mol. The summed E-state index contributed by atoms with van der Waals surface area (Å²) in [6, 6.07) is 9.67. The van der Waals surface area contributed by atoms with Crippen LogP contribution in [0.25, 0.3) is 5.65 Å². The number of fused-ring (bicyclic) bond motifs is 1. The van der Waals surface area contributed by atoms with Crippen molar-refractivity contribution in [2.45, 2.75) is 19.8 Å². The minimum Gasteiger partial charge on any atom is -0.497 e. The van der Waals surface area contributed by atoms with Gasteiger partial charge in [-0.25, -0.2) is 0 Å². The monoisotopic (exact) mass is 327 g/mol. The van der Waals surface area contributed by atoms with Crippen LogP contribution in [0.1, 0.15) is 17.8 Å². The molecule has 0 saturated carbocycles. The van der Waals surface area contributed by atoms with Gasteiger partial charge in [0.05, 0.1) is 14.2 Å². The van der Waals surface area contributed by atoms with Crippen molar-refractivity contribution < 1.29 is 9.47 Å². The third-order valence-electron chi connectivity index (χ3n) is 3.84. The third-order valence-corrected chi connectivity index (χ3v) is 3.84. The number of aromatic nitrogens is 4. The Morgan fingerprint density at radius 2 is 1.96 bits per heavy atom. The summed E-state index contributed by atoms with van der Waals surface area (Å²) >= 11 is 0. The van der Waals surface area contributed by atoms with E-state index in [1.54, 1.807) is 18.7 Å². The van der Waals surface area contributed by atoms with E-state index in [2.05, 4.69) is 20.6 Å². The van der Waals surface area contributed by atoms with Gasteiger partial charge in [0.2, 0.25) is 0 Å². The number of methoxy groups -OCH3 is 2. The normalized spacial score (nSPS) is 10.8. The van der Waals surface area contributed by atoms with E-state index in [9.17, 15) is 0 Å². The van der Waals surface area contributed by atoms with Gasteiger partial charge in [0.1, 0.15) is 17.3 Å². The van der Waals surface area contributed by atoms with E-state index in [1.807, 2.05) is 37.3 Å². The third kappa shape index (κ3) is 3.40. The second-order valence-electron chi connectivity index (χ2n) is 5.44. The first-order valence-electron chi connectivity index (χ1n) is 7.85. The van der Waals surface area contributed by atoms with Crippen LogP contribution in [0.4, 0.5) is 5.82 Å². The summed E-state index contributed by atoms with van der Waals surface area (Å²) in [5, 5.41) is 15.8. The summed E-state index contributed by atoms with van der Waals surface area (Å²) in [5.74, 6) is 3.31. The molecule has 7 heteroatoms. The van der Waals surface area contributed by atoms with Gasteiger partial charge in [-0.15, -0.1) is 15.3 Å². The highest BCUT2D eigenvalue weighted by atomic mass is 16.5. The molecule has 3 aromatic rings. The van der Waals surface area contributed by atoms with Crippen LogP contribution in [-0.2, 0) is 6.42 Å². The Morgan fingerprint density at radius 3 is 2.75 bits per heavy atom. The lowest BCUT2D eigenvalue weighted by atomic mass is 10.1. The molecule has 1 aromatic carbocycles. The quantitative estimate of drug-likeness (QED) is 0.672. The molecule has 7 nitrogen and oxygen atoms in total. The molecule has 0 spiro atoms. The van der Waals surface area contributed by atoms with Crippen LogP contribution < -0.4 is 14.8 Å². The van der Waals surface area contributed by atoms with Gasteiger partial charge in [-0.3, -0.25) is 0 Å². The van der Waals surface area contributed by atoms with Crippen LogP contribution in [0.2, 0.25) is 0 Å². The Bertz CT molecular complexity index is 831. The summed E-state index contributed by atoms with van der Waals surface area (Å²) in [6.07, 6.45) is 1.84. The first-order valence-corrected chi connectivity index (χ1v) is 7.85. The Labute approximate surface area is 140 Å². The van der Waals surface area contributed by atoms with Crippen LogP contribution in [0.3, 0.4) is 0 Å². The minimum absolute atomic E-state index is 0.749. The molecule has 2 aromatic heterocycles. The van der Waals surface area contributed by atoms with Gasteiger partial charge < -0.3 is 14.8 Å². The number of benzene rings is 1.